The number of hydrogen-bond donors (Lipinski definition) is 1. The van der Waals surface area contributed by atoms with Gasteiger partial charge in [-0.05, 0) is 13.0 Å². The molecule has 0 aliphatic carbocycles. The second kappa shape index (κ2) is 10.3. The van der Waals surface area contributed by atoms with Gasteiger partial charge in [-0.3, -0.25) is 14.2 Å². The molecule has 5 rings (SSSR count). The molecule has 0 spiro atoms. The Morgan fingerprint density at radius 2 is 1.78 bits per heavy atom. The molecule has 0 radical (unpaired) electrons. The Hall–Kier alpha value is -2.65. The van der Waals surface area contributed by atoms with E-state index in [9.17, 15) is 13.2 Å². The van der Waals surface area contributed by atoms with E-state index in [4.69, 9.17) is 4.74 Å². The van der Waals surface area contributed by atoms with E-state index < -0.39 is 30.1 Å². The van der Waals surface area contributed by atoms with Crippen LogP contribution in [0.5, 0.6) is 5.75 Å². The summed E-state index contributed by atoms with van der Waals surface area (Å²) >= 11 is 0. The number of ether oxygens (including phenoxy) is 1. The van der Waals surface area contributed by atoms with Crippen molar-refractivity contribution < 1.29 is 26.7 Å². The molecule has 200 valence electrons. The fraction of sp³-hybridized carbons (Fsp3) is 0.500. The average Bonchev–Trinajstić information content (AvgIpc) is 3.19. The minimum Gasteiger partial charge on any atom is -0.492 e. The lowest BCUT2D eigenvalue weighted by atomic mass is 9.86. The van der Waals surface area contributed by atoms with Crippen LogP contribution in [-0.4, -0.2) is 66.2 Å². The number of nitrogens with one attached hydrogen (secondary N) is 1. The number of rotatable bonds is 9. The Bertz CT molecular complexity index is 1230. The number of benzene rings is 2. The number of alkyl halides is 3. The summed E-state index contributed by atoms with van der Waals surface area (Å²) in [6.07, 6.45) is 0.0923. The number of H-pyrrole nitrogens is 1. The number of para-hydroxylation sites is 1. The molecule has 1 saturated heterocycles. The number of aromatic amines is 1. The molecular weight excluding hydrogens is 489 g/mol. The van der Waals surface area contributed by atoms with Gasteiger partial charge in [0.15, 0.2) is 0 Å². The smallest absolute Gasteiger partial charge is 0.260 e. The Morgan fingerprint density at radius 1 is 1.08 bits per heavy atom. The van der Waals surface area contributed by atoms with Crippen molar-refractivity contribution in [1.82, 2.24) is 14.8 Å². The molecule has 1 N–H and O–H groups in total. The van der Waals surface area contributed by atoms with Crippen LogP contribution in [0.4, 0.5) is 22.0 Å². The van der Waals surface area contributed by atoms with Gasteiger partial charge in [0.2, 0.25) is 0 Å². The van der Waals surface area contributed by atoms with E-state index in [0.717, 1.165) is 28.7 Å². The van der Waals surface area contributed by atoms with Gasteiger partial charge in [0.05, 0.1) is 19.3 Å². The number of aromatic nitrogens is 1. The summed E-state index contributed by atoms with van der Waals surface area (Å²) in [5.41, 5.74) is 1.98. The largest absolute Gasteiger partial charge is 0.492 e. The summed E-state index contributed by atoms with van der Waals surface area (Å²) in [7, 11) is 0. The minimum atomic E-state index is -3.01. The van der Waals surface area contributed by atoms with E-state index in [1.54, 1.807) is 0 Å². The highest BCUT2D eigenvalue weighted by Crippen LogP contribution is 2.45. The number of nitrogens with zero attached hydrogens (tertiary/aromatic N) is 2. The molecule has 0 saturated carbocycles. The van der Waals surface area contributed by atoms with Crippen molar-refractivity contribution in [3.05, 3.63) is 64.9 Å². The Kier molecular flexibility index (Phi) is 7.20. The Morgan fingerprint density at radius 3 is 2.46 bits per heavy atom. The fourth-order valence-corrected chi connectivity index (χ4v) is 5.62. The van der Waals surface area contributed by atoms with Crippen molar-refractivity contribution in [3.63, 3.8) is 0 Å². The van der Waals surface area contributed by atoms with Crippen LogP contribution in [0.1, 0.15) is 43.1 Å². The van der Waals surface area contributed by atoms with Crippen molar-refractivity contribution >= 4 is 10.9 Å². The third kappa shape index (κ3) is 5.08. The molecule has 37 heavy (non-hydrogen) atoms. The number of hydrogen-bond acceptors (Lipinski definition) is 3. The van der Waals surface area contributed by atoms with Crippen LogP contribution in [0.25, 0.3) is 10.9 Å². The molecule has 4 nitrogen and oxygen atoms in total. The summed E-state index contributed by atoms with van der Waals surface area (Å²) in [5.74, 6) is -4.60. The summed E-state index contributed by atoms with van der Waals surface area (Å²) in [6.45, 7) is 4.28. The van der Waals surface area contributed by atoms with Crippen LogP contribution >= 0.6 is 0 Å². The summed E-state index contributed by atoms with van der Waals surface area (Å²) in [5, 5.41) is 0.763. The Labute approximate surface area is 213 Å². The SMILES string of the molecule is CCC(F)(F)CN1[C@H](c2c(F)cc(OCCN3CC(CF)C3)cc2F)c2c([nH]c3ccccc23)C[C@H]1C. The molecule has 2 atom stereocenters. The molecule has 2 aliphatic heterocycles. The molecule has 9 heteroatoms. The van der Waals surface area contributed by atoms with Crippen LogP contribution in [0.2, 0.25) is 0 Å². The van der Waals surface area contributed by atoms with Crippen molar-refractivity contribution in [2.45, 2.75) is 44.7 Å². The third-order valence-electron chi connectivity index (χ3n) is 7.68. The lowest BCUT2D eigenvalue weighted by molar-refractivity contribution is -0.0547. The minimum absolute atomic E-state index is 0.0368. The molecule has 1 fully saturated rings. The predicted molar refractivity (Wildman–Crippen MR) is 133 cm³/mol. The summed E-state index contributed by atoms with van der Waals surface area (Å²) < 4.78 is 78.9. The van der Waals surface area contributed by atoms with E-state index >= 15 is 8.78 Å². The van der Waals surface area contributed by atoms with E-state index in [2.05, 4.69) is 4.98 Å². The molecule has 3 aromatic rings. The molecular formula is C28H32F5N3O. The van der Waals surface area contributed by atoms with Gasteiger partial charge in [-0.2, -0.15) is 0 Å². The van der Waals surface area contributed by atoms with Crippen LogP contribution < -0.4 is 4.74 Å². The third-order valence-corrected chi connectivity index (χ3v) is 7.68. The van der Waals surface area contributed by atoms with Crippen LogP contribution in [0.3, 0.4) is 0 Å². The zero-order valence-electron chi connectivity index (χ0n) is 21.0. The quantitative estimate of drug-likeness (QED) is 0.345. The second-order valence-electron chi connectivity index (χ2n) is 10.3. The summed E-state index contributed by atoms with van der Waals surface area (Å²) in [4.78, 5) is 6.88. The van der Waals surface area contributed by atoms with Crippen LogP contribution in [0.15, 0.2) is 36.4 Å². The predicted octanol–water partition coefficient (Wildman–Crippen LogP) is 6.11. The van der Waals surface area contributed by atoms with Gasteiger partial charge >= 0.3 is 0 Å². The van der Waals surface area contributed by atoms with E-state index in [0.29, 0.717) is 31.6 Å². The van der Waals surface area contributed by atoms with Crippen LogP contribution in [-0.2, 0) is 6.42 Å². The molecule has 2 aliphatic rings. The lowest BCUT2D eigenvalue weighted by Gasteiger charge is -2.42. The second-order valence-corrected chi connectivity index (χ2v) is 10.3. The molecule has 0 amide bonds. The first kappa shape index (κ1) is 26.0. The maximum atomic E-state index is 15.7. The summed E-state index contributed by atoms with van der Waals surface area (Å²) in [6, 6.07) is 8.26. The monoisotopic (exact) mass is 521 g/mol. The maximum Gasteiger partial charge on any atom is 0.260 e. The van der Waals surface area contributed by atoms with Crippen molar-refractivity contribution in [2.24, 2.45) is 5.92 Å². The zero-order valence-corrected chi connectivity index (χ0v) is 21.0. The Balaban J connectivity index is 1.49. The standard InChI is InChI=1S/C28H32F5N3O/c1-3-28(32,33)16-36-17(2)10-24-25(20-6-4-5-7-23(20)34-24)27(36)26-21(30)11-19(12-22(26)31)37-9-8-35-14-18(13-29)15-35/h4-7,11-12,17-18,27,34H,3,8-10,13-16H2,1-2H3/t17-,27+/m1/s1. The van der Waals surface area contributed by atoms with E-state index in [1.807, 2.05) is 36.1 Å². The highest BCUT2D eigenvalue weighted by molar-refractivity contribution is 5.86. The lowest BCUT2D eigenvalue weighted by Crippen LogP contribution is -2.49. The molecule has 1 aromatic heterocycles. The van der Waals surface area contributed by atoms with Crippen molar-refractivity contribution in [3.8, 4) is 5.75 Å². The van der Waals surface area contributed by atoms with Crippen LogP contribution in [0, 0.1) is 17.6 Å². The first-order valence-electron chi connectivity index (χ1n) is 12.8. The van der Waals surface area contributed by atoms with Gasteiger partial charge in [0.25, 0.3) is 5.92 Å². The van der Waals surface area contributed by atoms with E-state index in [-0.39, 0.29) is 43.0 Å². The van der Waals surface area contributed by atoms with Gasteiger partial charge in [0, 0.05) is 84.3 Å². The van der Waals surface area contributed by atoms with Gasteiger partial charge in [-0.1, -0.05) is 25.1 Å². The van der Waals surface area contributed by atoms with Gasteiger partial charge in [0.1, 0.15) is 24.0 Å². The van der Waals surface area contributed by atoms with E-state index in [1.165, 1.54) is 11.8 Å². The van der Waals surface area contributed by atoms with Gasteiger partial charge in [-0.25, -0.2) is 17.6 Å². The fourth-order valence-electron chi connectivity index (χ4n) is 5.62. The topological polar surface area (TPSA) is 31.5 Å². The highest BCUT2D eigenvalue weighted by atomic mass is 19.3. The average molecular weight is 522 g/mol. The number of likely N-dealkylation sites (tertiary alicyclic amines) is 1. The number of halogens is 5. The van der Waals surface area contributed by atoms with Gasteiger partial charge in [-0.15, -0.1) is 0 Å². The van der Waals surface area contributed by atoms with Crippen molar-refractivity contribution in [1.29, 1.82) is 0 Å². The molecule has 0 unspecified atom stereocenters. The molecule has 0 bridgehead atoms. The first-order chi connectivity index (χ1) is 17.7. The maximum absolute atomic E-state index is 15.7. The first-order valence-corrected chi connectivity index (χ1v) is 12.8. The van der Waals surface area contributed by atoms with Gasteiger partial charge < -0.3 is 9.72 Å². The molecule has 2 aromatic carbocycles. The number of fused-ring (bicyclic) bond motifs is 3. The highest BCUT2D eigenvalue weighted by Gasteiger charge is 2.43. The molecule has 3 heterocycles. The zero-order chi connectivity index (χ0) is 26.3. The van der Waals surface area contributed by atoms with Crippen molar-refractivity contribution in [2.75, 3.05) is 39.5 Å². The normalized spacial score (nSPS) is 21.3.